The Morgan fingerprint density at radius 1 is 1.38 bits per heavy atom. The number of nitrogens with zero attached hydrogens (tertiary/aromatic N) is 2. The zero-order valence-electron chi connectivity index (χ0n) is 12.0. The van der Waals surface area contributed by atoms with Crippen LogP contribution in [0.4, 0.5) is 4.39 Å². The van der Waals surface area contributed by atoms with Gasteiger partial charge in [-0.05, 0) is 49.7 Å². The minimum atomic E-state index is -0.251. The molecule has 1 aromatic carbocycles. The molecule has 1 N–H and O–H groups in total. The van der Waals surface area contributed by atoms with Gasteiger partial charge in [0.2, 0.25) is 5.91 Å². The van der Waals surface area contributed by atoms with Crippen LogP contribution in [0.5, 0.6) is 0 Å². The van der Waals surface area contributed by atoms with Crippen LogP contribution in [0.2, 0.25) is 0 Å². The predicted molar refractivity (Wildman–Crippen MR) is 82.2 cm³/mol. The Hall–Kier alpha value is -1.69. The molecule has 3 rings (SSSR count). The third kappa shape index (κ3) is 2.72. The number of fused-ring (bicyclic) bond motifs is 1. The Morgan fingerprint density at radius 2 is 2.10 bits per heavy atom. The molecule has 0 aliphatic carbocycles. The maximum Gasteiger partial charge on any atom is 0.224 e. The highest BCUT2D eigenvalue weighted by atomic mass is 32.1. The van der Waals surface area contributed by atoms with Crippen LogP contribution in [0.3, 0.4) is 0 Å². The van der Waals surface area contributed by atoms with E-state index in [1.165, 1.54) is 6.07 Å². The van der Waals surface area contributed by atoms with Crippen LogP contribution in [0, 0.1) is 17.5 Å². The highest BCUT2D eigenvalue weighted by Gasteiger charge is 2.18. The van der Waals surface area contributed by atoms with Crippen molar-refractivity contribution in [2.75, 3.05) is 13.1 Å². The standard InChI is InChI=1S/C15H18FN3OS/c1-10-8-13-12(9-11(10)16)17-15(21)19(13)7-4-14(20)18-5-2-3-6-18/h8-9H,2-7H2,1H3,(H,17,21). The molecule has 21 heavy (non-hydrogen) atoms. The number of hydrogen-bond acceptors (Lipinski definition) is 2. The van der Waals surface area contributed by atoms with Crippen LogP contribution in [0.15, 0.2) is 12.1 Å². The maximum atomic E-state index is 13.6. The lowest BCUT2D eigenvalue weighted by molar-refractivity contribution is -0.130. The summed E-state index contributed by atoms with van der Waals surface area (Å²) in [5.74, 6) is -0.0818. The normalized spacial score (nSPS) is 15.0. The fourth-order valence-corrected chi connectivity index (χ4v) is 3.14. The number of aryl methyl sites for hydroxylation is 2. The predicted octanol–water partition coefficient (Wildman–Crippen LogP) is 3.16. The lowest BCUT2D eigenvalue weighted by atomic mass is 10.2. The molecule has 1 amide bonds. The van der Waals surface area contributed by atoms with Gasteiger partial charge in [-0.15, -0.1) is 0 Å². The van der Waals surface area contributed by atoms with Crippen molar-refractivity contribution in [1.82, 2.24) is 14.5 Å². The quantitative estimate of drug-likeness (QED) is 0.885. The Labute approximate surface area is 127 Å². The van der Waals surface area contributed by atoms with E-state index in [0.29, 0.717) is 28.8 Å². The second-order valence-electron chi connectivity index (χ2n) is 5.54. The molecule has 0 atom stereocenters. The lowest BCUT2D eigenvalue weighted by Gasteiger charge is -2.15. The fourth-order valence-electron chi connectivity index (χ4n) is 2.84. The average molecular weight is 307 g/mol. The van der Waals surface area contributed by atoms with Gasteiger partial charge in [0, 0.05) is 26.1 Å². The van der Waals surface area contributed by atoms with Gasteiger partial charge in [-0.25, -0.2) is 4.39 Å². The molecule has 1 aliphatic heterocycles. The van der Waals surface area contributed by atoms with Gasteiger partial charge in [0.1, 0.15) is 5.82 Å². The number of carbonyl (C=O) groups is 1. The number of amides is 1. The number of carbonyl (C=O) groups excluding carboxylic acids is 1. The number of hydrogen-bond donors (Lipinski definition) is 1. The number of benzene rings is 1. The first-order chi connectivity index (χ1) is 10.1. The summed E-state index contributed by atoms with van der Waals surface area (Å²) in [7, 11) is 0. The molecule has 0 saturated carbocycles. The summed E-state index contributed by atoms with van der Waals surface area (Å²) in [4.78, 5) is 17.0. The zero-order valence-corrected chi connectivity index (χ0v) is 12.8. The first-order valence-electron chi connectivity index (χ1n) is 7.22. The number of H-pyrrole nitrogens is 1. The summed E-state index contributed by atoms with van der Waals surface area (Å²) in [6.07, 6.45) is 2.62. The average Bonchev–Trinajstić information content (AvgIpc) is 3.06. The largest absolute Gasteiger partial charge is 0.343 e. The molecule has 0 spiro atoms. The Kier molecular flexibility index (Phi) is 3.80. The summed E-state index contributed by atoms with van der Waals surface area (Å²) >= 11 is 5.29. The van der Waals surface area contributed by atoms with E-state index in [9.17, 15) is 9.18 Å². The number of nitrogens with one attached hydrogen (secondary N) is 1. The van der Waals surface area contributed by atoms with E-state index in [-0.39, 0.29) is 11.7 Å². The lowest BCUT2D eigenvalue weighted by Crippen LogP contribution is -2.28. The van der Waals surface area contributed by atoms with Gasteiger partial charge in [-0.3, -0.25) is 4.79 Å². The molecule has 6 heteroatoms. The molecule has 2 heterocycles. The van der Waals surface area contributed by atoms with E-state index in [1.54, 1.807) is 13.0 Å². The Balaban J connectivity index is 1.83. The first kappa shape index (κ1) is 14.3. The van der Waals surface area contributed by atoms with Gasteiger partial charge in [0.15, 0.2) is 4.77 Å². The summed E-state index contributed by atoms with van der Waals surface area (Å²) in [6, 6.07) is 3.23. The highest BCUT2D eigenvalue weighted by Crippen LogP contribution is 2.19. The zero-order chi connectivity index (χ0) is 15.0. The first-order valence-corrected chi connectivity index (χ1v) is 7.63. The SMILES string of the molecule is Cc1cc2c(cc1F)[nH]c(=S)n2CCC(=O)N1CCCC1. The molecule has 1 aromatic heterocycles. The van der Waals surface area contributed by atoms with Crippen molar-refractivity contribution in [3.8, 4) is 0 Å². The fraction of sp³-hybridized carbons (Fsp3) is 0.467. The number of imidazole rings is 1. The third-order valence-corrected chi connectivity index (χ3v) is 4.38. The van der Waals surface area contributed by atoms with Crippen molar-refractivity contribution in [2.24, 2.45) is 0 Å². The van der Waals surface area contributed by atoms with Crippen molar-refractivity contribution in [3.63, 3.8) is 0 Å². The van der Waals surface area contributed by atoms with Gasteiger partial charge in [0.25, 0.3) is 0 Å². The third-order valence-electron chi connectivity index (χ3n) is 4.06. The highest BCUT2D eigenvalue weighted by molar-refractivity contribution is 7.71. The molecule has 2 aromatic rings. The molecule has 0 radical (unpaired) electrons. The van der Waals surface area contributed by atoms with E-state index in [4.69, 9.17) is 12.2 Å². The van der Waals surface area contributed by atoms with Gasteiger partial charge in [0.05, 0.1) is 11.0 Å². The van der Waals surface area contributed by atoms with Crippen LogP contribution in [0.25, 0.3) is 11.0 Å². The van der Waals surface area contributed by atoms with Crippen molar-refractivity contribution in [2.45, 2.75) is 32.7 Å². The number of aromatic nitrogens is 2. The van der Waals surface area contributed by atoms with Crippen LogP contribution < -0.4 is 0 Å². The molecular formula is C15H18FN3OS. The smallest absolute Gasteiger partial charge is 0.224 e. The molecule has 0 unspecified atom stereocenters. The van der Waals surface area contributed by atoms with Crippen molar-refractivity contribution in [3.05, 3.63) is 28.3 Å². The van der Waals surface area contributed by atoms with E-state index in [1.807, 2.05) is 9.47 Å². The van der Waals surface area contributed by atoms with Crippen LogP contribution in [-0.4, -0.2) is 33.4 Å². The van der Waals surface area contributed by atoms with Crippen molar-refractivity contribution >= 4 is 29.2 Å². The molecular weight excluding hydrogens is 289 g/mol. The van der Waals surface area contributed by atoms with E-state index in [2.05, 4.69) is 4.98 Å². The summed E-state index contributed by atoms with van der Waals surface area (Å²) < 4.78 is 16.0. The maximum absolute atomic E-state index is 13.6. The molecule has 0 bridgehead atoms. The molecule has 1 aliphatic rings. The van der Waals surface area contributed by atoms with Crippen LogP contribution in [-0.2, 0) is 11.3 Å². The van der Waals surface area contributed by atoms with E-state index in [0.717, 1.165) is 31.4 Å². The van der Waals surface area contributed by atoms with Gasteiger partial charge in [-0.2, -0.15) is 0 Å². The monoisotopic (exact) mass is 307 g/mol. The molecule has 112 valence electrons. The summed E-state index contributed by atoms with van der Waals surface area (Å²) in [5.41, 5.74) is 2.11. The number of halogens is 1. The molecule has 1 fully saturated rings. The van der Waals surface area contributed by atoms with E-state index < -0.39 is 0 Å². The van der Waals surface area contributed by atoms with Gasteiger partial charge < -0.3 is 14.5 Å². The number of aromatic amines is 1. The second kappa shape index (κ2) is 5.60. The molecule has 1 saturated heterocycles. The van der Waals surface area contributed by atoms with Crippen LogP contribution in [0.1, 0.15) is 24.8 Å². The topological polar surface area (TPSA) is 41.0 Å². The Morgan fingerprint density at radius 3 is 2.81 bits per heavy atom. The van der Waals surface area contributed by atoms with Crippen molar-refractivity contribution < 1.29 is 9.18 Å². The summed E-state index contributed by atoms with van der Waals surface area (Å²) in [5, 5.41) is 0. The second-order valence-corrected chi connectivity index (χ2v) is 5.92. The Bertz CT molecular complexity index is 743. The van der Waals surface area contributed by atoms with Crippen LogP contribution >= 0.6 is 12.2 Å². The van der Waals surface area contributed by atoms with E-state index >= 15 is 0 Å². The minimum absolute atomic E-state index is 0.169. The number of rotatable bonds is 3. The number of likely N-dealkylation sites (tertiary alicyclic amines) is 1. The summed E-state index contributed by atoms with van der Waals surface area (Å²) in [6.45, 7) is 3.98. The van der Waals surface area contributed by atoms with Gasteiger partial charge >= 0.3 is 0 Å². The molecule has 4 nitrogen and oxygen atoms in total. The minimum Gasteiger partial charge on any atom is -0.343 e. The van der Waals surface area contributed by atoms with Crippen molar-refractivity contribution in [1.29, 1.82) is 0 Å². The van der Waals surface area contributed by atoms with Gasteiger partial charge in [-0.1, -0.05) is 0 Å².